The molecule has 0 atom stereocenters. The second-order valence-corrected chi connectivity index (χ2v) is 5.65. The second-order valence-electron chi connectivity index (χ2n) is 5.21. The fraction of sp³-hybridized carbons (Fsp3) is 0.278. The number of halogens is 1. The quantitative estimate of drug-likeness (QED) is 0.768. The van der Waals surface area contributed by atoms with E-state index >= 15 is 0 Å². The van der Waals surface area contributed by atoms with E-state index < -0.39 is 0 Å². The molecular formula is C18H20ClNO4. The number of amides is 1. The highest BCUT2D eigenvalue weighted by Crippen LogP contribution is 2.27. The number of carbonyl (C=O) groups is 1. The van der Waals surface area contributed by atoms with Gasteiger partial charge in [0.25, 0.3) is 5.91 Å². The van der Waals surface area contributed by atoms with Crippen LogP contribution in [-0.2, 0) is 11.3 Å². The highest BCUT2D eigenvalue weighted by molar-refractivity contribution is 6.30. The lowest BCUT2D eigenvalue weighted by molar-refractivity contribution is -0.132. The number of hydrogen-bond acceptors (Lipinski definition) is 4. The lowest BCUT2D eigenvalue weighted by Gasteiger charge is -2.18. The Hall–Kier alpha value is -2.40. The van der Waals surface area contributed by atoms with Crippen LogP contribution in [0.25, 0.3) is 0 Å². The second kappa shape index (κ2) is 8.45. The van der Waals surface area contributed by atoms with E-state index in [-0.39, 0.29) is 12.5 Å². The minimum Gasteiger partial charge on any atom is -0.496 e. The third-order valence-corrected chi connectivity index (χ3v) is 3.70. The third-order valence-electron chi connectivity index (χ3n) is 3.45. The predicted molar refractivity (Wildman–Crippen MR) is 93.0 cm³/mol. The lowest BCUT2D eigenvalue weighted by atomic mass is 10.2. The van der Waals surface area contributed by atoms with Gasteiger partial charge in [0.1, 0.15) is 17.2 Å². The van der Waals surface area contributed by atoms with Crippen LogP contribution in [0.4, 0.5) is 0 Å². The van der Waals surface area contributed by atoms with Crippen LogP contribution in [0.2, 0.25) is 5.02 Å². The van der Waals surface area contributed by atoms with E-state index in [0.29, 0.717) is 28.8 Å². The molecule has 0 aliphatic heterocycles. The van der Waals surface area contributed by atoms with Gasteiger partial charge in [-0.15, -0.1) is 0 Å². The molecule has 5 nitrogen and oxygen atoms in total. The summed E-state index contributed by atoms with van der Waals surface area (Å²) in [5.74, 6) is 1.59. The van der Waals surface area contributed by atoms with Crippen molar-refractivity contribution in [3.05, 3.63) is 53.1 Å². The van der Waals surface area contributed by atoms with Crippen molar-refractivity contribution in [2.24, 2.45) is 0 Å². The maximum Gasteiger partial charge on any atom is 0.260 e. The highest BCUT2D eigenvalue weighted by Gasteiger charge is 2.11. The van der Waals surface area contributed by atoms with E-state index in [2.05, 4.69) is 0 Å². The molecule has 0 bridgehead atoms. The molecule has 0 aliphatic carbocycles. The molecule has 0 aromatic heterocycles. The summed E-state index contributed by atoms with van der Waals surface area (Å²) in [6, 6.07) is 12.5. The average Bonchev–Trinajstić information content (AvgIpc) is 2.61. The first-order valence-corrected chi connectivity index (χ1v) is 7.74. The molecule has 24 heavy (non-hydrogen) atoms. The van der Waals surface area contributed by atoms with Crippen molar-refractivity contribution in [1.82, 2.24) is 4.90 Å². The molecule has 0 N–H and O–H groups in total. The van der Waals surface area contributed by atoms with Crippen LogP contribution in [0.1, 0.15) is 5.56 Å². The average molecular weight is 350 g/mol. The monoisotopic (exact) mass is 349 g/mol. The largest absolute Gasteiger partial charge is 0.496 e. The van der Waals surface area contributed by atoms with Crippen molar-refractivity contribution in [2.75, 3.05) is 27.9 Å². The number of benzene rings is 2. The van der Waals surface area contributed by atoms with Crippen molar-refractivity contribution >= 4 is 17.5 Å². The van der Waals surface area contributed by atoms with Crippen LogP contribution in [0.3, 0.4) is 0 Å². The molecule has 0 saturated carbocycles. The Balaban J connectivity index is 1.93. The van der Waals surface area contributed by atoms with Crippen LogP contribution in [0.15, 0.2) is 42.5 Å². The number of carbonyl (C=O) groups excluding carboxylic acids is 1. The van der Waals surface area contributed by atoms with Gasteiger partial charge in [0, 0.05) is 36.8 Å². The van der Waals surface area contributed by atoms with Gasteiger partial charge in [-0.1, -0.05) is 23.7 Å². The normalized spacial score (nSPS) is 10.2. The van der Waals surface area contributed by atoms with E-state index in [0.717, 1.165) is 5.56 Å². The number of ether oxygens (including phenoxy) is 3. The van der Waals surface area contributed by atoms with Crippen LogP contribution >= 0.6 is 11.6 Å². The van der Waals surface area contributed by atoms with Crippen molar-refractivity contribution in [1.29, 1.82) is 0 Å². The Bertz CT molecular complexity index is 666. The zero-order chi connectivity index (χ0) is 17.5. The van der Waals surface area contributed by atoms with Gasteiger partial charge in [0.2, 0.25) is 0 Å². The first kappa shape index (κ1) is 17.9. The molecular weight excluding hydrogens is 330 g/mol. The third kappa shape index (κ3) is 5.06. The van der Waals surface area contributed by atoms with Crippen molar-refractivity contribution in [2.45, 2.75) is 6.54 Å². The smallest absolute Gasteiger partial charge is 0.260 e. The summed E-state index contributed by atoms with van der Waals surface area (Å²) in [5, 5.41) is 0.669. The molecule has 0 unspecified atom stereocenters. The molecule has 0 radical (unpaired) electrons. The maximum atomic E-state index is 12.2. The topological polar surface area (TPSA) is 48.0 Å². The Labute approximate surface area is 146 Å². The van der Waals surface area contributed by atoms with Crippen molar-refractivity contribution in [3.63, 3.8) is 0 Å². The van der Waals surface area contributed by atoms with Gasteiger partial charge in [0.15, 0.2) is 6.61 Å². The van der Waals surface area contributed by atoms with Crippen LogP contribution in [-0.4, -0.2) is 38.7 Å². The SMILES string of the molecule is COc1cc(OC)cc(OCC(=O)N(C)Cc2ccc(Cl)cc2)c1. The summed E-state index contributed by atoms with van der Waals surface area (Å²) in [6.07, 6.45) is 0. The maximum absolute atomic E-state index is 12.2. The van der Waals surface area contributed by atoms with Gasteiger partial charge in [-0.3, -0.25) is 4.79 Å². The predicted octanol–water partition coefficient (Wildman–Crippen LogP) is 3.39. The number of hydrogen-bond donors (Lipinski definition) is 0. The number of rotatable bonds is 7. The molecule has 0 fully saturated rings. The first-order valence-electron chi connectivity index (χ1n) is 7.36. The zero-order valence-electron chi connectivity index (χ0n) is 13.9. The molecule has 0 saturated heterocycles. The summed E-state index contributed by atoms with van der Waals surface area (Å²) < 4.78 is 15.9. The van der Waals surface area contributed by atoms with Gasteiger partial charge in [0.05, 0.1) is 14.2 Å². The summed E-state index contributed by atoms with van der Waals surface area (Å²) in [4.78, 5) is 13.8. The molecule has 0 spiro atoms. The van der Waals surface area contributed by atoms with Gasteiger partial charge in [-0.2, -0.15) is 0 Å². The Morgan fingerprint density at radius 3 is 2.08 bits per heavy atom. The van der Waals surface area contributed by atoms with Gasteiger partial charge >= 0.3 is 0 Å². The summed E-state index contributed by atoms with van der Waals surface area (Å²) >= 11 is 5.86. The Morgan fingerprint density at radius 1 is 1.00 bits per heavy atom. The van der Waals surface area contributed by atoms with Gasteiger partial charge < -0.3 is 19.1 Å². The first-order chi connectivity index (χ1) is 11.5. The van der Waals surface area contributed by atoms with E-state index in [9.17, 15) is 4.79 Å². The van der Waals surface area contributed by atoms with E-state index in [1.807, 2.05) is 12.1 Å². The summed E-state index contributed by atoms with van der Waals surface area (Å²) in [7, 11) is 4.85. The molecule has 2 aromatic carbocycles. The van der Waals surface area contributed by atoms with Crippen molar-refractivity contribution in [3.8, 4) is 17.2 Å². The lowest BCUT2D eigenvalue weighted by Crippen LogP contribution is -2.30. The summed E-state index contributed by atoms with van der Waals surface area (Å²) in [5.41, 5.74) is 0.998. The molecule has 0 aliphatic rings. The summed E-state index contributed by atoms with van der Waals surface area (Å²) in [6.45, 7) is 0.418. The minimum absolute atomic E-state index is 0.0690. The van der Waals surface area contributed by atoms with Gasteiger partial charge in [-0.05, 0) is 17.7 Å². The highest BCUT2D eigenvalue weighted by atomic mass is 35.5. The van der Waals surface area contributed by atoms with Crippen LogP contribution in [0.5, 0.6) is 17.2 Å². The number of likely N-dealkylation sites (N-methyl/N-ethyl adjacent to an activating group) is 1. The minimum atomic E-state index is -0.133. The molecule has 6 heteroatoms. The number of nitrogens with zero attached hydrogens (tertiary/aromatic N) is 1. The fourth-order valence-corrected chi connectivity index (χ4v) is 2.20. The standard InChI is InChI=1S/C18H20ClNO4/c1-20(11-13-4-6-14(19)7-5-13)18(21)12-24-17-9-15(22-2)8-16(10-17)23-3/h4-10H,11-12H2,1-3H3. The van der Waals surface area contributed by atoms with E-state index in [1.165, 1.54) is 0 Å². The molecule has 2 aromatic rings. The molecule has 1 amide bonds. The molecule has 128 valence electrons. The number of methoxy groups -OCH3 is 2. The van der Waals surface area contributed by atoms with Gasteiger partial charge in [-0.25, -0.2) is 0 Å². The van der Waals surface area contributed by atoms with Crippen LogP contribution < -0.4 is 14.2 Å². The Kier molecular flexibility index (Phi) is 6.32. The molecule has 0 heterocycles. The Morgan fingerprint density at radius 2 is 1.54 bits per heavy atom. The van der Waals surface area contributed by atoms with Crippen molar-refractivity contribution < 1.29 is 19.0 Å². The zero-order valence-corrected chi connectivity index (χ0v) is 14.7. The van der Waals surface area contributed by atoms with E-state index in [1.54, 1.807) is 56.5 Å². The van der Waals surface area contributed by atoms with E-state index in [4.69, 9.17) is 25.8 Å². The van der Waals surface area contributed by atoms with Crippen LogP contribution in [0, 0.1) is 0 Å². The fourth-order valence-electron chi connectivity index (χ4n) is 2.07. The molecule has 2 rings (SSSR count).